The summed E-state index contributed by atoms with van der Waals surface area (Å²) < 4.78 is 5.50. The highest BCUT2D eigenvalue weighted by atomic mass is 16.3. The molecule has 0 saturated carbocycles. The molecule has 4 rings (SSSR count). The van der Waals surface area contributed by atoms with Crippen LogP contribution in [-0.4, -0.2) is 35.6 Å². The van der Waals surface area contributed by atoms with Gasteiger partial charge in [0, 0.05) is 31.2 Å². The van der Waals surface area contributed by atoms with Crippen LogP contribution in [0.4, 0.5) is 11.6 Å². The second kappa shape index (κ2) is 8.87. The van der Waals surface area contributed by atoms with E-state index in [9.17, 15) is 5.26 Å². The normalized spacial score (nSPS) is 19.6. The monoisotopic (exact) mass is 393 g/mol. The summed E-state index contributed by atoms with van der Waals surface area (Å²) in [4.78, 5) is 9.88. The number of pyridine rings is 1. The molecule has 0 spiro atoms. The molecule has 0 aromatic carbocycles. The van der Waals surface area contributed by atoms with Crippen molar-refractivity contribution in [3.8, 4) is 6.07 Å². The fourth-order valence-electron chi connectivity index (χ4n) is 4.71. The predicted molar refractivity (Wildman–Crippen MR) is 115 cm³/mol. The van der Waals surface area contributed by atoms with Crippen molar-refractivity contribution in [1.29, 1.82) is 5.26 Å². The van der Waals surface area contributed by atoms with Gasteiger partial charge in [0.2, 0.25) is 0 Å². The maximum absolute atomic E-state index is 10.1. The number of nitrogens with one attached hydrogen (secondary N) is 1. The molecule has 1 N–H and O–H groups in total. The number of fused-ring (bicyclic) bond motifs is 1. The van der Waals surface area contributed by atoms with E-state index in [0.717, 1.165) is 62.0 Å². The molecule has 0 radical (unpaired) electrons. The van der Waals surface area contributed by atoms with E-state index in [4.69, 9.17) is 9.40 Å². The first-order valence-electron chi connectivity index (χ1n) is 11.0. The maximum atomic E-state index is 10.1. The largest absolute Gasteiger partial charge is 0.467 e. The van der Waals surface area contributed by atoms with Crippen LogP contribution in [0.2, 0.25) is 0 Å². The Bertz CT molecular complexity index is 870. The van der Waals surface area contributed by atoms with E-state index >= 15 is 0 Å². The van der Waals surface area contributed by atoms with Crippen LogP contribution in [0, 0.1) is 11.3 Å². The molecular weight excluding hydrogens is 362 g/mol. The van der Waals surface area contributed by atoms with Gasteiger partial charge in [-0.15, -0.1) is 0 Å². The molecule has 1 unspecified atom stereocenters. The van der Waals surface area contributed by atoms with Gasteiger partial charge < -0.3 is 14.6 Å². The number of rotatable bonds is 6. The van der Waals surface area contributed by atoms with Gasteiger partial charge in [-0.25, -0.2) is 4.98 Å². The molecule has 4 heterocycles. The Balaban J connectivity index is 1.76. The van der Waals surface area contributed by atoms with Crippen molar-refractivity contribution < 1.29 is 4.42 Å². The number of likely N-dealkylation sites (N-methyl/N-ethyl adjacent to an activating group) is 1. The summed E-state index contributed by atoms with van der Waals surface area (Å²) in [5.41, 5.74) is 3.15. The molecule has 2 aliphatic heterocycles. The molecule has 154 valence electrons. The van der Waals surface area contributed by atoms with Crippen LogP contribution in [0.1, 0.15) is 62.0 Å². The summed E-state index contributed by atoms with van der Waals surface area (Å²) in [5, 5.41) is 13.6. The van der Waals surface area contributed by atoms with Gasteiger partial charge in [0.05, 0.1) is 18.4 Å². The van der Waals surface area contributed by atoms with Crippen LogP contribution in [0.15, 0.2) is 22.8 Å². The minimum atomic E-state index is 0.468. The third-order valence-corrected chi connectivity index (χ3v) is 6.39. The van der Waals surface area contributed by atoms with E-state index in [0.29, 0.717) is 12.6 Å². The third kappa shape index (κ3) is 3.97. The lowest BCUT2D eigenvalue weighted by atomic mass is 9.93. The highest BCUT2D eigenvalue weighted by Crippen LogP contribution is 2.36. The molecule has 29 heavy (non-hydrogen) atoms. The average Bonchev–Trinajstić information content (AvgIpc) is 3.30. The number of nitriles is 1. The van der Waals surface area contributed by atoms with Crippen molar-refractivity contribution in [2.45, 2.75) is 65.1 Å². The van der Waals surface area contributed by atoms with Gasteiger partial charge in [0.15, 0.2) is 0 Å². The summed E-state index contributed by atoms with van der Waals surface area (Å²) in [5.74, 6) is 2.67. The van der Waals surface area contributed by atoms with Gasteiger partial charge in [-0.1, -0.05) is 13.8 Å². The van der Waals surface area contributed by atoms with E-state index in [1.54, 1.807) is 6.26 Å². The maximum Gasteiger partial charge on any atom is 0.149 e. The number of hydrogen-bond acceptors (Lipinski definition) is 6. The Kier molecular flexibility index (Phi) is 6.05. The summed E-state index contributed by atoms with van der Waals surface area (Å²) in [6.07, 6.45) is 7.29. The molecule has 2 aliphatic rings. The highest BCUT2D eigenvalue weighted by molar-refractivity contribution is 5.67. The van der Waals surface area contributed by atoms with Gasteiger partial charge in [0.1, 0.15) is 23.5 Å². The zero-order chi connectivity index (χ0) is 20.2. The Morgan fingerprint density at radius 2 is 2.17 bits per heavy atom. The number of furan rings is 1. The number of piperidine rings is 1. The van der Waals surface area contributed by atoms with E-state index in [1.165, 1.54) is 30.4 Å². The van der Waals surface area contributed by atoms with Crippen LogP contribution in [0.25, 0.3) is 0 Å². The molecule has 0 aliphatic carbocycles. The zero-order valence-electron chi connectivity index (χ0n) is 17.6. The molecule has 2 aromatic heterocycles. The fourth-order valence-corrected chi connectivity index (χ4v) is 4.71. The molecule has 1 fully saturated rings. The first-order chi connectivity index (χ1) is 14.2. The summed E-state index contributed by atoms with van der Waals surface area (Å²) in [7, 11) is 0. The number of nitrogens with zero attached hydrogens (tertiary/aromatic N) is 4. The van der Waals surface area contributed by atoms with Crippen molar-refractivity contribution in [3.05, 3.63) is 40.8 Å². The molecule has 1 saturated heterocycles. The SMILES string of the molecule is CCC1CCCCN1c1nc(NCc2ccco2)c2c(c1C#N)CCN(CC)C2. The predicted octanol–water partition coefficient (Wildman–Crippen LogP) is 4.31. The minimum Gasteiger partial charge on any atom is -0.467 e. The van der Waals surface area contributed by atoms with Crippen LogP contribution >= 0.6 is 0 Å². The number of hydrogen-bond donors (Lipinski definition) is 1. The van der Waals surface area contributed by atoms with E-state index in [1.807, 2.05) is 12.1 Å². The Hall–Kier alpha value is -2.52. The summed E-state index contributed by atoms with van der Waals surface area (Å²) in [6.45, 7) is 8.85. The lowest BCUT2D eigenvalue weighted by Crippen LogP contribution is -2.41. The topological polar surface area (TPSA) is 68.3 Å². The molecule has 2 aromatic rings. The van der Waals surface area contributed by atoms with Crippen molar-refractivity contribution in [3.63, 3.8) is 0 Å². The second-order valence-electron chi connectivity index (χ2n) is 8.03. The molecular formula is C23H31N5O. The number of anilines is 2. The summed E-state index contributed by atoms with van der Waals surface area (Å²) in [6, 6.07) is 6.87. The fraction of sp³-hybridized carbons (Fsp3) is 0.565. The Labute approximate surface area is 173 Å². The first kappa shape index (κ1) is 19.8. The quantitative estimate of drug-likeness (QED) is 0.789. The third-order valence-electron chi connectivity index (χ3n) is 6.39. The number of aromatic nitrogens is 1. The Morgan fingerprint density at radius 3 is 2.90 bits per heavy atom. The Morgan fingerprint density at radius 1 is 1.28 bits per heavy atom. The molecule has 6 heteroatoms. The van der Waals surface area contributed by atoms with Crippen molar-refractivity contribution in [2.75, 3.05) is 29.9 Å². The van der Waals surface area contributed by atoms with Gasteiger partial charge >= 0.3 is 0 Å². The second-order valence-corrected chi connectivity index (χ2v) is 8.03. The molecule has 6 nitrogen and oxygen atoms in total. The van der Waals surface area contributed by atoms with Crippen molar-refractivity contribution in [2.24, 2.45) is 0 Å². The smallest absolute Gasteiger partial charge is 0.149 e. The zero-order valence-corrected chi connectivity index (χ0v) is 17.6. The van der Waals surface area contributed by atoms with Gasteiger partial charge in [-0.2, -0.15) is 5.26 Å². The summed E-state index contributed by atoms with van der Waals surface area (Å²) >= 11 is 0. The van der Waals surface area contributed by atoms with Gasteiger partial charge in [-0.3, -0.25) is 4.90 Å². The minimum absolute atomic E-state index is 0.468. The first-order valence-corrected chi connectivity index (χ1v) is 11.0. The van der Waals surface area contributed by atoms with Crippen LogP contribution in [0.5, 0.6) is 0 Å². The van der Waals surface area contributed by atoms with Gasteiger partial charge in [-0.05, 0) is 56.3 Å². The molecule has 1 atom stereocenters. The van der Waals surface area contributed by atoms with Gasteiger partial charge in [0.25, 0.3) is 0 Å². The average molecular weight is 394 g/mol. The van der Waals surface area contributed by atoms with Crippen LogP contribution in [-0.2, 0) is 19.5 Å². The lowest BCUT2D eigenvalue weighted by molar-refractivity contribution is 0.268. The van der Waals surface area contributed by atoms with E-state index in [2.05, 4.69) is 35.0 Å². The standard InChI is InChI=1S/C23H31N5O/c1-3-17-8-5-6-11-28(17)23-20(14-24)19-10-12-27(4-2)16-21(19)22(26-23)25-15-18-9-7-13-29-18/h7,9,13,17H,3-6,8,10-12,15-16H2,1-2H3,(H,25,26). The molecule has 0 bridgehead atoms. The van der Waals surface area contributed by atoms with Crippen LogP contribution in [0.3, 0.4) is 0 Å². The van der Waals surface area contributed by atoms with Crippen molar-refractivity contribution in [1.82, 2.24) is 9.88 Å². The van der Waals surface area contributed by atoms with E-state index < -0.39 is 0 Å². The van der Waals surface area contributed by atoms with E-state index in [-0.39, 0.29) is 0 Å². The lowest BCUT2D eigenvalue weighted by Gasteiger charge is -2.38. The van der Waals surface area contributed by atoms with Crippen molar-refractivity contribution >= 4 is 11.6 Å². The molecule has 0 amide bonds. The highest BCUT2D eigenvalue weighted by Gasteiger charge is 2.30. The van der Waals surface area contributed by atoms with Crippen LogP contribution < -0.4 is 10.2 Å².